The number of thioether (sulfide) groups is 1. The van der Waals surface area contributed by atoms with E-state index >= 15 is 0 Å². The van der Waals surface area contributed by atoms with Crippen molar-refractivity contribution in [2.75, 3.05) is 29.9 Å². The second kappa shape index (κ2) is 5.96. The third-order valence-corrected chi connectivity index (χ3v) is 3.83. The molecule has 1 N–H and O–H groups in total. The lowest BCUT2D eigenvalue weighted by Gasteiger charge is -2.26. The highest BCUT2D eigenvalue weighted by atomic mass is 32.2. The second-order valence-electron chi connectivity index (χ2n) is 4.08. The molecule has 0 aromatic heterocycles. The van der Waals surface area contributed by atoms with Crippen molar-refractivity contribution in [2.45, 2.75) is 13.3 Å². The maximum absolute atomic E-state index is 12.0. The number of amides is 2. The number of anilines is 1. The monoisotopic (exact) mass is 250 g/mol. The van der Waals surface area contributed by atoms with Gasteiger partial charge in [-0.05, 0) is 24.1 Å². The molecule has 3 nitrogen and oxygen atoms in total. The molecular formula is C13H18N2OS. The maximum Gasteiger partial charge on any atom is 0.321 e. The van der Waals surface area contributed by atoms with Gasteiger partial charge < -0.3 is 10.2 Å². The summed E-state index contributed by atoms with van der Waals surface area (Å²) < 4.78 is 0. The molecule has 0 saturated carbocycles. The van der Waals surface area contributed by atoms with E-state index < -0.39 is 0 Å². The quantitative estimate of drug-likeness (QED) is 0.875. The third-order valence-electron chi connectivity index (χ3n) is 2.88. The van der Waals surface area contributed by atoms with Crippen LogP contribution in [0.2, 0.25) is 0 Å². The fourth-order valence-electron chi connectivity index (χ4n) is 1.84. The van der Waals surface area contributed by atoms with E-state index in [1.807, 2.05) is 34.9 Å². The molecule has 2 amide bonds. The Morgan fingerprint density at radius 3 is 2.88 bits per heavy atom. The molecule has 1 aromatic rings. The zero-order chi connectivity index (χ0) is 12.1. The minimum Gasteiger partial charge on any atom is -0.323 e. The Hall–Kier alpha value is -1.16. The minimum absolute atomic E-state index is 0.0264. The van der Waals surface area contributed by atoms with E-state index in [2.05, 4.69) is 18.3 Å². The first-order chi connectivity index (χ1) is 8.29. The van der Waals surface area contributed by atoms with E-state index in [1.165, 1.54) is 5.56 Å². The number of aryl methyl sites for hydroxylation is 1. The molecule has 92 valence electrons. The van der Waals surface area contributed by atoms with E-state index in [0.717, 1.165) is 36.7 Å². The standard InChI is InChI=1S/C13H18N2OS/c1-2-11-4-3-5-12(10-11)14-13(16)15-6-8-17-9-7-15/h3-5,10H,2,6-9H2,1H3,(H,14,16). The Balaban J connectivity index is 1.96. The zero-order valence-corrected chi connectivity index (χ0v) is 10.9. The molecule has 0 atom stereocenters. The minimum atomic E-state index is 0.0264. The molecule has 2 rings (SSSR count). The molecule has 0 spiro atoms. The van der Waals surface area contributed by atoms with Gasteiger partial charge in [0.15, 0.2) is 0 Å². The summed E-state index contributed by atoms with van der Waals surface area (Å²) in [5, 5.41) is 2.96. The van der Waals surface area contributed by atoms with Crippen LogP contribution in [0.25, 0.3) is 0 Å². The van der Waals surface area contributed by atoms with Gasteiger partial charge in [0, 0.05) is 30.3 Å². The Morgan fingerprint density at radius 2 is 2.18 bits per heavy atom. The SMILES string of the molecule is CCc1cccc(NC(=O)N2CCSCC2)c1. The van der Waals surface area contributed by atoms with E-state index in [4.69, 9.17) is 0 Å². The summed E-state index contributed by atoms with van der Waals surface area (Å²) >= 11 is 1.91. The van der Waals surface area contributed by atoms with Crippen LogP contribution in [-0.4, -0.2) is 35.5 Å². The normalized spacial score (nSPS) is 15.7. The highest BCUT2D eigenvalue weighted by Gasteiger charge is 2.16. The second-order valence-corrected chi connectivity index (χ2v) is 5.31. The first-order valence-corrected chi connectivity index (χ1v) is 7.17. The van der Waals surface area contributed by atoms with Gasteiger partial charge in [-0.2, -0.15) is 11.8 Å². The summed E-state index contributed by atoms with van der Waals surface area (Å²) in [7, 11) is 0. The molecule has 0 bridgehead atoms. The van der Waals surface area contributed by atoms with Crippen LogP contribution in [-0.2, 0) is 6.42 Å². The zero-order valence-electron chi connectivity index (χ0n) is 10.1. The lowest BCUT2D eigenvalue weighted by Crippen LogP contribution is -2.40. The predicted octanol–water partition coefficient (Wildman–Crippen LogP) is 2.83. The van der Waals surface area contributed by atoms with Crippen molar-refractivity contribution in [1.29, 1.82) is 0 Å². The van der Waals surface area contributed by atoms with Gasteiger partial charge in [-0.3, -0.25) is 0 Å². The predicted molar refractivity (Wildman–Crippen MR) is 73.7 cm³/mol. The maximum atomic E-state index is 12.0. The summed E-state index contributed by atoms with van der Waals surface area (Å²) in [6, 6.07) is 8.07. The smallest absolute Gasteiger partial charge is 0.321 e. The molecule has 1 fully saturated rings. The lowest BCUT2D eigenvalue weighted by atomic mass is 10.1. The summed E-state index contributed by atoms with van der Waals surface area (Å²) in [6.45, 7) is 3.82. The van der Waals surface area contributed by atoms with E-state index in [1.54, 1.807) is 0 Å². The van der Waals surface area contributed by atoms with Gasteiger partial charge in [0.05, 0.1) is 0 Å². The van der Waals surface area contributed by atoms with Gasteiger partial charge in [-0.15, -0.1) is 0 Å². The van der Waals surface area contributed by atoms with Crippen molar-refractivity contribution in [3.05, 3.63) is 29.8 Å². The number of carbonyl (C=O) groups excluding carboxylic acids is 1. The molecule has 1 aliphatic rings. The first kappa shape index (κ1) is 12.3. The van der Waals surface area contributed by atoms with Crippen molar-refractivity contribution in [1.82, 2.24) is 4.90 Å². The molecule has 1 heterocycles. The summed E-state index contributed by atoms with van der Waals surface area (Å²) in [5.74, 6) is 2.09. The van der Waals surface area contributed by atoms with E-state index in [9.17, 15) is 4.79 Å². The van der Waals surface area contributed by atoms with Crippen LogP contribution in [0.4, 0.5) is 10.5 Å². The van der Waals surface area contributed by atoms with Gasteiger partial charge in [-0.25, -0.2) is 4.79 Å². The average Bonchev–Trinajstić information content (AvgIpc) is 2.40. The lowest BCUT2D eigenvalue weighted by molar-refractivity contribution is 0.217. The van der Waals surface area contributed by atoms with Crippen LogP contribution in [0.3, 0.4) is 0 Å². The number of hydrogen-bond donors (Lipinski definition) is 1. The van der Waals surface area contributed by atoms with E-state index in [-0.39, 0.29) is 6.03 Å². The number of nitrogens with zero attached hydrogens (tertiary/aromatic N) is 1. The highest BCUT2D eigenvalue weighted by Crippen LogP contribution is 2.14. The number of urea groups is 1. The molecule has 4 heteroatoms. The molecule has 17 heavy (non-hydrogen) atoms. The van der Waals surface area contributed by atoms with Gasteiger partial charge in [0.1, 0.15) is 0 Å². The van der Waals surface area contributed by atoms with Gasteiger partial charge >= 0.3 is 6.03 Å². The molecular weight excluding hydrogens is 232 g/mol. The van der Waals surface area contributed by atoms with Crippen LogP contribution in [0, 0.1) is 0 Å². The van der Waals surface area contributed by atoms with Crippen LogP contribution in [0.5, 0.6) is 0 Å². The Kier molecular flexibility index (Phi) is 4.31. The Morgan fingerprint density at radius 1 is 1.41 bits per heavy atom. The van der Waals surface area contributed by atoms with Crippen molar-refractivity contribution in [3.63, 3.8) is 0 Å². The number of hydrogen-bond acceptors (Lipinski definition) is 2. The van der Waals surface area contributed by atoms with Gasteiger partial charge in [-0.1, -0.05) is 19.1 Å². The van der Waals surface area contributed by atoms with Crippen LogP contribution in [0.15, 0.2) is 24.3 Å². The molecule has 0 unspecified atom stereocenters. The van der Waals surface area contributed by atoms with Crippen LogP contribution < -0.4 is 5.32 Å². The third kappa shape index (κ3) is 3.40. The number of carbonyl (C=O) groups is 1. The number of rotatable bonds is 2. The first-order valence-electron chi connectivity index (χ1n) is 6.02. The number of nitrogens with one attached hydrogen (secondary N) is 1. The van der Waals surface area contributed by atoms with Crippen molar-refractivity contribution < 1.29 is 4.79 Å². The summed E-state index contributed by atoms with van der Waals surface area (Å²) in [6.07, 6.45) is 0.990. The van der Waals surface area contributed by atoms with Crippen LogP contribution >= 0.6 is 11.8 Å². The average molecular weight is 250 g/mol. The van der Waals surface area contributed by atoms with Crippen LogP contribution in [0.1, 0.15) is 12.5 Å². The van der Waals surface area contributed by atoms with Gasteiger partial charge in [0.2, 0.25) is 0 Å². The molecule has 0 aliphatic carbocycles. The highest BCUT2D eigenvalue weighted by molar-refractivity contribution is 7.99. The van der Waals surface area contributed by atoms with Crippen molar-refractivity contribution in [3.8, 4) is 0 Å². The van der Waals surface area contributed by atoms with Gasteiger partial charge in [0.25, 0.3) is 0 Å². The van der Waals surface area contributed by atoms with Crippen molar-refractivity contribution in [2.24, 2.45) is 0 Å². The van der Waals surface area contributed by atoms with Crippen molar-refractivity contribution >= 4 is 23.5 Å². The molecule has 1 aromatic carbocycles. The molecule has 1 saturated heterocycles. The Bertz CT molecular complexity index is 389. The fraction of sp³-hybridized carbons (Fsp3) is 0.462. The fourth-order valence-corrected chi connectivity index (χ4v) is 2.74. The Labute approximate surface area is 107 Å². The summed E-state index contributed by atoms with van der Waals surface area (Å²) in [5.41, 5.74) is 2.14. The topological polar surface area (TPSA) is 32.3 Å². The number of benzene rings is 1. The molecule has 1 aliphatic heterocycles. The largest absolute Gasteiger partial charge is 0.323 e. The summed E-state index contributed by atoms with van der Waals surface area (Å²) in [4.78, 5) is 13.9. The molecule has 0 radical (unpaired) electrons. The van der Waals surface area contributed by atoms with E-state index in [0.29, 0.717) is 0 Å².